The third-order valence-corrected chi connectivity index (χ3v) is 5.43. The Balaban J connectivity index is 1.84. The smallest absolute Gasteiger partial charge is 0.0431 e. The Morgan fingerprint density at radius 3 is 2.20 bits per heavy atom. The summed E-state index contributed by atoms with van der Waals surface area (Å²) >= 11 is 0. The van der Waals surface area contributed by atoms with Crippen molar-refractivity contribution >= 4 is 0 Å². The Morgan fingerprint density at radius 2 is 1.40 bits per heavy atom. The average molecular weight is 338 g/mol. The van der Waals surface area contributed by atoms with E-state index in [-0.39, 0.29) is 0 Å². The molecule has 0 heterocycles. The minimum Gasteiger partial charge on any atom is -0.396 e. The minimum absolute atomic E-state index is 0.297. The highest BCUT2D eigenvalue weighted by Gasteiger charge is 2.29. The van der Waals surface area contributed by atoms with E-state index in [1.807, 2.05) is 0 Å². The first-order valence-electron chi connectivity index (χ1n) is 9.79. The Labute approximate surface area is 151 Å². The molecule has 0 bridgehead atoms. The van der Waals surface area contributed by atoms with E-state index in [0.717, 1.165) is 51.4 Å². The van der Waals surface area contributed by atoms with E-state index in [0.29, 0.717) is 19.1 Å². The van der Waals surface area contributed by atoms with Crippen LogP contribution in [0.4, 0.5) is 0 Å². The van der Waals surface area contributed by atoms with Crippen LogP contribution in [0.25, 0.3) is 11.1 Å². The lowest BCUT2D eigenvalue weighted by Gasteiger charge is -2.17. The van der Waals surface area contributed by atoms with Gasteiger partial charge in [0, 0.05) is 19.1 Å². The Hall–Kier alpha value is -1.64. The van der Waals surface area contributed by atoms with Crippen molar-refractivity contribution in [2.75, 3.05) is 13.2 Å². The fraction of sp³-hybridized carbons (Fsp3) is 0.478. The zero-order valence-electron chi connectivity index (χ0n) is 15.1. The minimum atomic E-state index is 0.297. The molecule has 2 N–H and O–H groups in total. The van der Waals surface area contributed by atoms with Gasteiger partial charge in [-0.2, -0.15) is 0 Å². The summed E-state index contributed by atoms with van der Waals surface area (Å²) in [5, 5.41) is 18.0. The molecule has 2 aromatic carbocycles. The zero-order valence-corrected chi connectivity index (χ0v) is 15.1. The largest absolute Gasteiger partial charge is 0.396 e. The number of hydrogen-bond acceptors (Lipinski definition) is 2. The number of hydrogen-bond donors (Lipinski definition) is 2. The third-order valence-electron chi connectivity index (χ3n) is 5.43. The summed E-state index contributed by atoms with van der Waals surface area (Å²) in [6, 6.07) is 15.6. The predicted octanol–water partition coefficient (Wildman–Crippen LogP) is 5.06. The van der Waals surface area contributed by atoms with Crippen LogP contribution in [0.2, 0.25) is 0 Å². The third kappa shape index (κ3) is 4.13. The van der Waals surface area contributed by atoms with Gasteiger partial charge in [0.25, 0.3) is 0 Å². The SMILES string of the molecule is OCCCCCc1cccc2c1C(CCCCCO)c1ccccc1-2. The van der Waals surface area contributed by atoms with Gasteiger partial charge in [-0.05, 0) is 59.9 Å². The van der Waals surface area contributed by atoms with Crippen molar-refractivity contribution in [3.8, 4) is 11.1 Å². The number of rotatable bonds is 10. The van der Waals surface area contributed by atoms with Crippen LogP contribution >= 0.6 is 0 Å². The standard InChI is InChI=1S/C23H30O2/c24-16-7-1-3-10-18-11-9-15-22-20-13-6-5-12-19(20)21(23(18)22)14-4-2-8-17-25/h5-6,9,11-13,15,21,24-25H,1-4,7-8,10,14,16-17H2. The number of unbranched alkanes of at least 4 members (excludes halogenated alkanes) is 4. The summed E-state index contributed by atoms with van der Waals surface area (Å²) in [5.41, 5.74) is 7.32. The molecule has 3 rings (SSSR count). The summed E-state index contributed by atoms with van der Waals surface area (Å²) in [6.45, 7) is 0.597. The summed E-state index contributed by atoms with van der Waals surface area (Å²) in [7, 11) is 0. The van der Waals surface area contributed by atoms with Crippen molar-refractivity contribution in [2.24, 2.45) is 0 Å². The molecule has 2 aromatic rings. The first-order chi connectivity index (χ1) is 12.4. The van der Waals surface area contributed by atoms with Crippen LogP contribution in [0.3, 0.4) is 0 Å². The summed E-state index contributed by atoms with van der Waals surface area (Å²) in [6.07, 6.45) is 8.58. The predicted molar refractivity (Wildman–Crippen MR) is 104 cm³/mol. The molecule has 25 heavy (non-hydrogen) atoms. The molecule has 2 heteroatoms. The first-order valence-corrected chi connectivity index (χ1v) is 9.79. The number of aliphatic hydroxyl groups excluding tert-OH is 2. The van der Waals surface area contributed by atoms with E-state index >= 15 is 0 Å². The fourth-order valence-electron chi connectivity index (χ4n) is 4.22. The molecular weight excluding hydrogens is 308 g/mol. The van der Waals surface area contributed by atoms with E-state index in [1.165, 1.54) is 27.8 Å². The van der Waals surface area contributed by atoms with Gasteiger partial charge in [-0.15, -0.1) is 0 Å². The molecule has 0 radical (unpaired) electrons. The van der Waals surface area contributed by atoms with Gasteiger partial charge in [-0.25, -0.2) is 0 Å². The van der Waals surface area contributed by atoms with E-state index in [4.69, 9.17) is 10.2 Å². The van der Waals surface area contributed by atoms with Gasteiger partial charge < -0.3 is 10.2 Å². The molecule has 1 aliphatic rings. The van der Waals surface area contributed by atoms with Gasteiger partial charge >= 0.3 is 0 Å². The van der Waals surface area contributed by atoms with Crippen molar-refractivity contribution in [1.82, 2.24) is 0 Å². The molecule has 0 spiro atoms. The molecule has 1 aliphatic carbocycles. The molecule has 2 nitrogen and oxygen atoms in total. The normalized spacial score (nSPS) is 15.2. The van der Waals surface area contributed by atoms with Crippen molar-refractivity contribution in [3.63, 3.8) is 0 Å². The quantitative estimate of drug-likeness (QED) is 0.595. The van der Waals surface area contributed by atoms with Crippen LogP contribution in [0, 0.1) is 0 Å². The molecule has 0 aromatic heterocycles. The second kappa shape index (κ2) is 9.17. The second-order valence-electron chi connectivity index (χ2n) is 7.13. The second-order valence-corrected chi connectivity index (χ2v) is 7.13. The van der Waals surface area contributed by atoms with E-state index in [2.05, 4.69) is 42.5 Å². The van der Waals surface area contributed by atoms with Gasteiger partial charge in [0.15, 0.2) is 0 Å². The Bertz CT molecular complexity index is 678. The van der Waals surface area contributed by atoms with Crippen LogP contribution in [0.5, 0.6) is 0 Å². The van der Waals surface area contributed by atoms with Crippen molar-refractivity contribution < 1.29 is 10.2 Å². The first kappa shape index (κ1) is 18.2. The van der Waals surface area contributed by atoms with Crippen molar-refractivity contribution in [2.45, 2.75) is 57.3 Å². The van der Waals surface area contributed by atoms with Crippen LogP contribution in [0.15, 0.2) is 42.5 Å². The van der Waals surface area contributed by atoms with Gasteiger partial charge in [-0.1, -0.05) is 61.7 Å². The fourth-order valence-corrected chi connectivity index (χ4v) is 4.22. The van der Waals surface area contributed by atoms with Crippen LogP contribution in [-0.2, 0) is 6.42 Å². The number of fused-ring (bicyclic) bond motifs is 3. The lowest BCUT2D eigenvalue weighted by atomic mass is 9.87. The topological polar surface area (TPSA) is 40.5 Å². The molecule has 0 amide bonds. The van der Waals surface area contributed by atoms with Gasteiger partial charge in [0.05, 0.1) is 0 Å². The lowest BCUT2D eigenvalue weighted by Crippen LogP contribution is -2.02. The van der Waals surface area contributed by atoms with Crippen LogP contribution in [-0.4, -0.2) is 23.4 Å². The van der Waals surface area contributed by atoms with Gasteiger partial charge in [0.1, 0.15) is 0 Å². The zero-order chi connectivity index (χ0) is 17.5. The van der Waals surface area contributed by atoms with Gasteiger partial charge in [0.2, 0.25) is 0 Å². The highest BCUT2D eigenvalue weighted by molar-refractivity contribution is 5.80. The highest BCUT2D eigenvalue weighted by Crippen LogP contribution is 2.48. The number of aliphatic hydroxyl groups is 2. The summed E-state index contributed by atoms with van der Waals surface area (Å²) < 4.78 is 0. The molecule has 1 unspecified atom stereocenters. The van der Waals surface area contributed by atoms with Crippen molar-refractivity contribution in [3.05, 3.63) is 59.2 Å². The number of aryl methyl sites for hydroxylation is 1. The average Bonchev–Trinajstić information content (AvgIpc) is 2.97. The Kier molecular flexibility index (Phi) is 6.66. The summed E-state index contributed by atoms with van der Waals surface area (Å²) in [5.74, 6) is 0.499. The molecular formula is C23H30O2. The van der Waals surface area contributed by atoms with E-state index in [1.54, 1.807) is 0 Å². The lowest BCUT2D eigenvalue weighted by molar-refractivity contribution is 0.282. The highest BCUT2D eigenvalue weighted by atomic mass is 16.3. The monoisotopic (exact) mass is 338 g/mol. The maximum Gasteiger partial charge on any atom is 0.0431 e. The molecule has 1 atom stereocenters. The maximum atomic E-state index is 9.04. The van der Waals surface area contributed by atoms with E-state index in [9.17, 15) is 0 Å². The maximum absolute atomic E-state index is 9.04. The molecule has 0 aliphatic heterocycles. The Morgan fingerprint density at radius 1 is 0.680 bits per heavy atom. The molecule has 0 saturated carbocycles. The van der Waals surface area contributed by atoms with Gasteiger partial charge in [-0.3, -0.25) is 0 Å². The number of benzene rings is 2. The van der Waals surface area contributed by atoms with Crippen LogP contribution < -0.4 is 0 Å². The van der Waals surface area contributed by atoms with Crippen molar-refractivity contribution in [1.29, 1.82) is 0 Å². The molecule has 0 saturated heterocycles. The summed E-state index contributed by atoms with van der Waals surface area (Å²) in [4.78, 5) is 0. The molecule has 134 valence electrons. The van der Waals surface area contributed by atoms with Crippen LogP contribution in [0.1, 0.15) is 67.6 Å². The van der Waals surface area contributed by atoms with E-state index < -0.39 is 0 Å². The molecule has 0 fully saturated rings.